The van der Waals surface area contributed by atoms with Crippen molar-refractivity contribution in [3.63, 3.8) is 0 Å². The van der Waals surface area contributed by atoms with E-state index < -0.39 is 0 Å². The number of hydrogen-bond donors (Lipinski definition) is 2. The van der Waals surface area contributed by atoms with Gasteiger partial charge in [-0.3, -0.25) is 0 Å². The summed E-state index contributed by atoms with van der Waals surface area (Å²) < 4.78 is 0. The van der Waals surface area contributed by atoms with Crippen molar-refractivity contribution < 1.29 is 0 Å². The zero-order valence-corrected chi connectivity index (χ0v) is 9.37. The Morgan fingerprint density at radius 2 is 1.88 bits per heavy atom. The molecule has 16 heavy (non-hydrogen) atoms. The van der Waals surface area contributed by atoms with Crippen LogP contribution in [0.25, 0.3) is 0 Å². The number of hydrazine groups is 1. The van der Waals surface area contributed by atoms with Crippen LogP contribution in [0.1, 0.15) is 30.5 Å². The van der Waals surface area contributed by atoms with Crippen molar-refractivity contribution in [1.29, 1.82) is 0 Å². The summed E-state index contributed by atoms with van der Waals surface area (Å²) in [7, 11) is 0. The number of aryl methyl sites for hydroxylation is 1. The Morgan fingerprint density at radius 1 is 1.06 bits per heavy atom. The number of nitrogen functional groups attached to an aromatic ring is 1. The molecule has 3 N–H and O–H groups in total. The first-order valence-corrected chi connectivity index (χ1v) is 6.00. The highest BCUT2D eigenvalue weighted by Gasteiger charge is 2.22. The van der Waals surface area contributed by atoms with E-state index in [4.69, 9.17) is 5.84 Å². The predicted octanol–water partition coefficient (Wildman–Crippen LogP) is 0.851. The van der Waals surface area contributed by atoms with Gasteiger partial charge in [-0.1, -0.05) is 0 Å². The maximum atomic E-state index is 5.53. The fourth-order valence-corrected chi connectivity index (χ4v) is 2.60. The first-order valence-electron chi connectivity index (χ1n) is 6.00. The molecular weight excluding hydrogens is 202 g/mol. The molecule has 0 bridgehead atoms. The van der Waals surface area contributed by atoms with Crippen LogP contribution in [0, 0.1) is 0 Å². The fraction of sp³-hybridized carbons (Fsp3) is 0.636. The maximum absolute atomic E-state index is 5.53. The number of fused-ring (bicyclic) bond motifs is 1. The van der Waals surface area contributed by atoms with Crippen LogP contribution in [0.4, 0.5) is 11.8 Å². The zero-order valence-electron chi connectivity index (χ0n) is 9.37. The van der Waals surface area contributed by atoms with Gasteiger partial charge < -0.3 is 10.3 Å². The Labute approximate surface area is 95.0 Å². The Morgan fingerprint density at radius 3 is 2.62 bits per heavy atom. The SMILES string of the molecule is NNc1nc(N2CCCC2)nc2c1CCC2. The second kappa shape index (κ2) is 3.90. The van der Waals surface area contributed by atoms with Gasteiger partial charge in [-0.2, -0.15) is 4.98 Å². The highest BCUT2D eigenvalue weighted by Crippen LogP contribution is 2.28. The molecule has 1 fully saturated rings. The molecule has 1 aliphatic carbocycles. The number of nitrogens with zero attached hydrogens (tertiary/aromatic N) is 3. The van der Waals surface area contributed by atoms with Gasteiger partial charge in [0.05, 0.1) is 5.69 Å². The summed E-state index contributed by atoms with van der Waals surface area (Å²) in [5.74, 6) is 7.21. The molecule has 3 rings (SSSR count). The van der Waals surface area contributed by atoms with E-state index in [1.165, 1.54) is 30.5 Å². The lowest BCUT2D eigenvalue weighted by molar-refractivity contribution is 0.871. The maximum Gasteiger partial charge on any atom is 0.227 e. The molecule has 0 aromatic carbocycles. The van der Waals surface area contributed by atoms with Gasteiger partial charge in [-0.25, -0.2) is 10.8 Å². The first kappa shape index (κ1) is 9.84. The monoisotopic (exact) mass is 219 g/mol. The van der Waals surface area contributed by atoms with Gasteiger partial charge in [0.2, 0.25) is 5.95 Å². The van der Waals surface area contributed by atoms with Gasteiger partial charge in [0.15, 0.2) is 0 Å². The molecule has 0 atom stereocenters. The van der Waals surface area contributed by atoms with Crippen LogP contribution in [0.3, 0.4) is 0 Å². The average molecular weight is 219 g/mol. The number of hydrogen-bond acceptors (Lipinski definition) is 5. The van der Waals surface area contributed by atoms with Crippen LogP contribution in [0.5, 0.6) is 0 Å². The van der Waals surface area contributed by atoms with Crippen molar-refractivity contribution in [2.24, 2.45) is 5.84 Å². The van der Waals surface area contributed by atoms with Crippen LogP contribution in [-0.4, -0.2) is 23.1 Å². The molecule has 1 saturated heterocycles. The molecule has 86 valence electrons. The van der Waals surface area contributed by atoms with Crippen LogP contribution in [0.2, 0.25) is 0 Å². The standard InChI is InChI=1S/C11H17N5/c12-15-10-8-4-3-5-9(8)13-11(14-10)16-6-1-2-7-16/h1-7,12H2,(H,13,14,15). The number of rotatable bonds is 2. The summed E-state index contributed by atoms with van der Waals surface area (Å²) in [6, 6.07) is 0. The largest absolute Gasteiger partial charge is 0.341 e. The van der Waals surface area contributed by atoms with E-state index in [9.17, 15) is 0 Å². The van der Waals surface area contributed by atoms with Crippen molar-refractivity contribution in [3.05, 3.63) is 11.3 Å². The van der Waals surface area contributed by atoms with E-state index >= 15 is 0 Å². The van der Waals surface area contributed by atoms with Gasteiger partial charge >= 0.3 is 0 Å². The summed E-state index contributed by atoms with van der Waals surface area (Å²) in [5.41, 5.74) is 5.11. The normalized spacial score (nSPS) is 18.9. The smallest absolute Gasteiger partial charge is 0.227 e. The molecule has 1 aromatic rings. The quantitative estimate of drug-likeness (QED) is 0.570. The molecule has 0 unspecified atom stereocenters. The summed E-state index contributed by atoms with van der Waals surface area (Å²) in [4.78, 5) is 11.4. The highest BCUT2D eigenvalue weighted by molar-refractivity contribution is 5.52. The third kappa shape index (κ3) is 1.51. The van der Waals surface area contributed by atoms with Crippen molar-refractivity contribution >= 4 is 11.8 Å². The van der Waals surface area contributed by atoms with Crippen molar-refractivity contribution in [1.82, 2.24) is 9.97 Å². The van der Waals surface area contributed by atoms with Crippen molar-refractivity contribution in [2.75, 3.05) is 23.4 Å². The number of nitrogens with two attached hydrogens (primary N) is 1. The second-order valence-electron chi connectivity index (χ2n) is 4.49. The zero-order chi connectivity index (χ0) is 11.0. The molecule has 2 aliphatic rings. The molecule has 5 heteroatoms. The van der Waals surface area contributed by atoms with Gasteiger partial charge in [0, 0.05) is 18.7 Å². The average Bonchev–Trinajstić information content (AvgIpc) is 2.97. The lowest BCUT2D eigenvalue weighted by Crippen LogP contribution is -2.22. The second-order valence-corrected chi connectivity index (χ2v) is 4.49. The van der Waals surface area contributed by atoms with E-state index in [2.05, 4.69) is 20.3 Å². The van der Waals surface area contributed by atoms with Crippen LogP contribution in [0.15, 0.2) is 0 Å². The van der Waals surface area contributed by atoms with E-state index in [1.807, 2.05) is 0 Å². The minimum Gasteiger partial charge on any atom is -0.341 e. The molecule has 0 spiro atoms. The number of anilines is 2. The number of nitrogens with one attached hydrogen (secondary N) is 1. The fourth-order valence-electron chi connectivity index (χ4n) is 2.60. The van der Waals surface area contributed by atoms with E-state index in [0.29, 0.717) is 0 Å². The predicted molar refractivity (Wildman–Crippen MR) is 63.3 cm³/mol. The Balaban J connectivity index is 2.00. The molecule has 1 aliphatic heterocycles. The van der Waals surface area contributed by atoms with E-state index in [-0.39, 0.29) is 0 Å². The van der Waals surface area contributed by atoms with Crippen LogP contribution in [-0.2, 0) is 12.8 Å². The van der Waals surface area contributed by atoms with Crippen LogP contribution >= 0.6 is 0 Å². The summed E-state index contributed by atoms with van der Waals surface area (Å²) in [5, 5.41) is 0. The number of aromatic nitrogens is 2. The van der Waals surface area contributed by atoms with Gasteiger partial charge in [-0.05, 0) is 32.1 Å². The Kier molecular flexibility index (Phi) is 2.40. The third-order valence-electron chi connectivity index (χ3n) is 3.45. The molecule has 0 radical (unpaired) electrons. The first-order chi connectivity index (χ1) is 7.88. The summed E-state index contributed by atoms with van der Waals surface area (Å²) >= 11 is 0. The summed E-state index contributed by atoms with van der Waals surface area (Å²) in [6.45, 7) is 2.14. The van der Waals surface area contributed by atoms with E-state index in [1.54, 1.807) is 0 Å². The molecule has 0 saturated carbocycles. The Bertz CT molecular complexity index is 398. The third-order valence-corrected chi connectivity index (χ3v) is 3.45. The lowest BCUT2D eigenvalue weighted by Gasteiger charge is -2.17. The van der Waals surface area contributed by atoms with E-state index in [0.717, 1.165) is 37.7 Å². The van der Waals surface area contributed by atoms with Gasteiger partial charge in [-0.15, -0.1) is 0 Å². The van der Waals surface area contributed by atoms with Crippen molar-refractivity contribution in [3.8, 4) is 0 Å². The molecule has 5 nitrogen and oxygen atoms in total. The molecule has 2 heterocycles. The Hall–Kier alpha value is -1.36. The minimum absolute atomic E-state index is 0.824. The highest BCUT2D eigenvalue weighted by atomic mass is 15.3. The van der Waals surface area contributed by atoms with Crippen molar-refractivity contribution in [2.45, 2.75) is 32.1 Å². The topological polar surface area (TPSA) is 67.1 Å². The summed E-state index contributed by atoms with van der Waals surface area (Å²) in [6.07, 6.45) is 5.77. The molecular formula is C11H17N5. The lowest BCUT2D eigenvalue weighted by atomic mass is 10.2. The minimum atomic E-state index is 0.824. The molecule has 0 amide bonds. The van der Waals surface area contributed by atoms with Crippen LogP contribution < -0.4 is 16.2 Å². The van der Waals surface area contributed by atoms with Gasteiger partial charge in [0.25, 0.3) is 0 Å². The molecule has 1 aromatic heterocycles. The van der Waals surface area contributed by atoms with Gasteiger partial charge in [0.1, 0.15) is 5.82 Å².